The zero-order valence-corrected chi connectivity index (χ0v) is 12.6. The van der Waals surface area contributed by atoms with E-state index in [0.717, 1.165) is 31.2 Å². The van der Waals surface area contributed by atoms with Crippen LogP contribution in [-0.4, -0.2) is 31.1 Å². The van der Waals surface area contributed by atoms with E-state index >= 15 is 0 Å². The van der Waals surface area contributed by atoms with Gasteiger partial charge in [0.25, 0.3) is 0 Å². The molecule has 0 amide bonds. The summed E-state index contributed by atoms with van der Waals surface area (Å²) in [6.07, 6.45) is 1.22. The normalized spacial score (nSPS) is 11.2. The predicted octanol–water partition coefficient (Wildman–Crippen LogP) is 3.47. The molecule has 18 heavy (non-hydrogen) atoms. The first-order valence-corrected chi connectivity index (χ1v) is 7.23. The van der Waals surface area contributed by atoms with Crippen LogP contribution in [0.4, 0.5) is 0 Å². The van der Waals surface area contributed by atoms with Crippen LogP contribution in [0.2, 0.25) is 5.02 Å². The van der Waals surface area contributed by atoms with Crippen molar-refractivity contribution in [2.75, 3.05) is 26.2 Å². The van der Waals surface area contributed by atoms with Crippen molar-refractivity contribution in [3.63, 3.8) is 0 Å². The monoisotopic (exact) mass is 268 g/mol. The lowest BCUT2D eigenvalue weighted by molar-refractivity contribution is 0.287. The van der Waals surface area contributed by atoms with Gasteiger partial charge in [-0.05, 0) is 43.6 Å². The van der Waals surface area contributed by atoms with Gasteiger partial charge < -0.3 is 10.2 Å². The highest BCUT2D eigenvalue weighted by Gasteiger charge is 2.02. The summed E-state index contributed by atoms with van der Waals surface area (Å²) in [5, 5.41) is 4.32. The van der Waals surface area contributed by atoms with E-state index in [0.29, 0.717) is 0 Å². The molecule has 0 aliphatic heterocycles. The second kappa shape index (κ2) is 8.52. The maximum Gasteiger partial charge on any atom is 0.0453 e. The SMILES string of the molecule is CCCN(CC)CCNCc1ccc(C)cc1Cl. The Morgan fingerprint density at radius 2 is 2.00 bits per heavy atom. The number of aryl methyl sites for hydroxylation is 1. The van der Waals surface area contributed by atoms with Crippen molar-refractivity contribution in [3.05, 3.63) is 34.3 Å². The molecular formula is C15H25ClN2. The van der Waals surface area contributed by atoms with E-state index in [1.807, 2.05) is 6.07 Å². The Bertz CT molecular complexity index is 352. The Labute approximate surface area is 116 Å². The number of hydrogen-bond acceptors (Lipinski definition) is 2. The van der Waals surface area contributed by atoms with E-state index in [9.17, 15) is 0 Å². The molecule has 0 saturated carbocycles. The Morgan fingerprint density at radius 1 is 1.22 bits per heavy atom. The van der Waals surface area contributed by atoms with Gasteiger partial charge in [-0.15, -0.1) is 0 Å². The van der Waals surface area contributed by atoms with E-state index in [2.05, 4.69) is 43.1 Å². The van der Waals surface area contributed by atoms with Gasteiger partial charge in [0.2, 0.25) is 0 Å². The Kier molecular flexibility index (Phi) is 7.33. The van der Waals surface area contributed by atoms with E-state index < -0.39 is 0 Å². The van der Waals surface area contributed by atoms with Crippen LogP contribution in [0.5, 0.6) is 0 Å². The van der Waals surface area contributed by atoms with Crippen molar-refractivity contribution in [2.24, 2.45) is 0 Å². The predicted molar refractivity (Wildman–Crippen MR) is 80.3 cm³/mol. The molecule has 0 unspecified atom stereocenters. The molecule has 0 saturated heterocycles. The van der Waals surface area contributed by atoms with Gasteiger partial charge in [0.05, 0.1) is 0 Å². The fourth-order valence-corrected chi connectivity index (χ4v) is 2.30. The number of nitrogens with one attached hydrogen (secondary N) is 1. The highest BCUT2D eigenvalue weighted by atomic mass is 35.5. The van der Waals surface area contributed by atoms with E-state index in [1.165, 1.54) is 24.1 Å². The minimum absolute atomic E-state index is 0.850. The Morgan fingerprint density at radius 3 is 2.61 bits per heavy atom. The summed E-state index contributed by atoms with van der Waals surface area (Å²) in [6.45, 7) is 11.8. The van der Waals surface area contributed by atoms with Crippen molar-refractivity contribution >= 4 is 11.6 Å². The molecule has 0 bridgehead atoms. The van der Waals surface area contributed by atoms with Crippen LogP contribution in [0.25, 0.3) is 0 Å². The third kappa shape index (κ3) is 5.38. The lowest BCUT2D eigenvalue weighted by Gasteiger charge is -2.19. The summed E-state index contributed by atoms with van der Waals surface area (Å²) in [4.78, 5) is 2.46. The maximum absolute atomic E-state index is 6.20. The quantitative estimate of drug-likeness (QED) is 0.727. The van der Waals surface area contributed by atoms with Crippen molar-refractivity contribution in [1.29, 1.82) is 0 Å². The molecule has 1 aromatic carbocycles. The highest BCUT2D eigenvalue weighted by molar-refractivity contribution is 6.31. The van der Waals surface area contributed by atoms with Crippen molar-refractivity contribution in [3.8, 4) is 0 Å². The van der Waals surface area contributed by atoms with Gasteiger partial charge >= 0.3 is 0 Å². The van der Waals surface area contributed by atoms with Gasteiger partial charge in [-0.25, -0.2) is 0 Å². The largest absolute Gasteiger partial charge is 0.311 e. The van der Waals surface area contributed by atoms with Gasteiger partial charge in [0, 0.05) is 24.7 Å². The van der Waals surface area contributed by atoms with E-state index in [4.69, 9.17) is 11.6 Å². The third-order valence-corrected chi connectivity index (χ3v) is 3.47. The van der Waals surface area contributed by atoms with Gasteiger partial charge in [0.1, 0.15) is 0 Å². The molecule has 0 spiro atoms. The number of rotatable bonds is 8. The van der Waals surface area contributed by atoms with Crippen LogP contribution in [-0.2, 0) is 6.54 Å². The standard InChI is InChI=1S/C15H25ClN2/c1-4-9-18(5-2)10-8-17-12-14-7-6-13(3)11-15(14)16/h6-7,11,17H,4-5,8-10,12H2,1-3H3. The first-order chi connectivity index (χ1) is 8.67. The minimum Gasteiger partial charge on any atom is -0.311 e. The molecule has 0 atom stereocenters. The van der Waals surface area contributed by atoms with Crippen molar-refractivity contribution in [1.82, 2.24) is 10.2 Å². The molecule has 0 aliphatic carbocycles. The van der Waals surface area contributed by atoms with Crippen LogP contribution >= 0.6 is 11.6 Å². The summed E-state index contributed by atoms with van der Waals surface area (Å²) < 4.78 is 0. The molecule has 1 aromatic rings. The lowest BCUT2D eigenvalue weighted by Crippen LogP contribution is -2.32. The smallest absolute Gasteiger partial charge is 0.0453 e. The van der Waals surface area contributed by atoms with Gasteiger partial charge in [-0.1, -0.05) is 37.6 Å². The number of likely N-dealkylation sites (N-methyl/N-ethyl adjacent to an activating group) is 1. The van der Waals surface area contributed by atoms with Crippen LogP contribution in [0, 0.1) is 6.92 Å². The highest BCUT2D eigenvalue weighted by Crippen LogP contribution is 2.17. The average molecular weight is 269 g/mol. The second-order valence-electron chi connectivity index (χ2n) is 4.71. The molecule has 1 N–H and O–H groups in total. The zero-order valence-electron chi connectivity index (χ0n) is 11.8. The lowest BCUT2D eigenvalue weighted by atomic mass is 10.1. The number of nitrogens with zero attached hydrogens (tertiary/aromatic N) is 1. The summed E-state index contributed by atoms with van der Waals surface area (Å²) in [6, 6.07) is 6.24. The third-order valence-electron chi connectivity index (χ3n) is 3.12. The number of hydrogen-bond donors (Lipinski definition) is 1. The van der Waals surface area contributed by atoms with Crippen LogP contribution < -0.4 is 5.32 Å². The first kappa shape index (κ1) is 15.5. The van der Waals surface area contributed by atoms with Crippen LogP contribution in [0.3, 0.4) is 0 Å². The molecule has 0 aromatic heterocycles. The maximum atomic E-state index is 6.20. The van der Waals surface area contributed by atoms with Gasteiger partial charge in [-0.2, -0.15) is 0 Å². The molecular weight excluding hydrogens is 244 g/mol. The van der Waals surface area contributed by atoms with Crippen molar-refractivity contribution in [2.45, 2.75) is 33.7 Å². The molecule has 0 radical (unpaired) electrons. The van der Waals surface area contributed by atoms with Gasteiger partial charge in [0.15, 0.2) is 0 Å². The fourth-order valence-electron chi connectivity index (χ4n) is 2.00. The average Bonchev–Trinajstić information content (AvgIpc) is 2.35. The Balaban J connectivity index is 2.29. The topological polar surface area (TPSA) is 15.3 Å². The zero-order chi connectivity index (χ0) is 13.4. The summed E-state index contributed by atoms with van der Waals surface area (Å²) in [5.41, 5.74) is 2.39. The summed E-state index contributed by atoms with van der Waals surface area (Å²) in [5.74, 6) is 0. The second-order valence-corrected chi connectivity index (χ2v) is 5.11. The molecule has 3 heteroatoms. The minimum atomic E-state index is 0.850. The molecule has 0 aliphatic rings. The molecule has 1 rings (SSSR count). The molecule has 0 fully saturated rings. The summed E-state index contributed by atoms with van der Waals surface area (Å²) in [7, 11) is 0. The van der Waals surface area contributed by atoms with E-state index in [1.54, 1.807) is 0 Å². The van der Waals surface area contributed by atoms with Gasteiger partial charge in [-0.3, -0.25) is 0 Å². The van der Waals surface area contributed by atoms with Crippen molar-refractivity contribution < 1.29 is 0 Å². The first-order valence-electron chi connectivity index (χ1n) is 6.85. The van der Waals surface area contributed by atoms with Crippen LogP contribution in [0.15, 0.2) is 18.2 Å². The molecule has 2 nitrogen and oxygen atoms in total. The Hall–Kier alpha value is -0.570. The molecule has 102 valence electrons. The molecule has 0 heterocycles. The van der Waals surface area contributed by atoms with Crippen LogP contribution in [0.1, 0.15) is 31.4 Å². The number of halogens is 1. The fraction of sp³-hybridized carbons (Fsp3) is 0.600. The van der Waals surface area contributed by atoms with E-state index in [-0.39, 0.29) is 0 Å². The number of benzene rings is 1. The summed E-state index contributed by atoms with van der Waals surface area (Å²) >= 11 is 6.20.